The molecule has 6 nitrogen and oxygen atoms in total. The second-order valence-corrected chi connectivity index (χ2v) is 12.0. The van der Waals surface area contributed by atoms with Gasteiger partial charge in [-0.25, -0.2) is 8.42 Å². The maximum atomic E-state index is 13.1. The molecular formula is C30H32N2O4S. The lowest BCUT2D eigenvalue weighted by Gasteiger charge is -2.19. The lowest BCUT2D eigenvalue weighted by atomic mass is 10.0. The van der Waals surface area contributed by atoms with Gasteiger partial charge in [0.15, 0.2) is 9.84 Å². The van der Waals surface area contributed by atoms with Crippen LogP contribution < -0.4 is 0 Å². The lowest BCUT2D eigenvalue weighted by Crippen LogP contribution is -2.25. The summed E-state index contributed by atoms with van der Waals surface area (Å²) in [6.07, 6.45) is 0.0946. The van der Waals surface area contributed by atoms with Crippen LogP contribution in [0.1, 0.15) is 43.2 Å². The van der Waals surface area contributed by atoms with E-state index in [4.69, 9.17) is 9.84 Å². The fraction of sp³-hybridized carbons (Fsp3) is 0.267. The Morgan fingerprint density at radius 1 is 0.865 bits per heavy atom. The van der Waals surface area contributed by atoms with Crippen molar-refractivity contribution in [3.05, 3.63) is 107 Å². The number of carbonyl (C=O) groups excluding carboxylic acids is 1. The number of aryl methyl sites for hydroxylation is 1. The zero-order valence-electron chi connectivity index (χ0n) is 21.6. The molecule has 0 N–H and O–H groups in total. The van der Waals surface area contributed by atoms with Gasteiger partial charge >= 0.3 is 5.97 Å². The van der Waals surface area contributed by atoms with Crippen molar-refractivity contribution in [1.29, 1.82) is 0 Å². The molecule has 7 heteroatoms. The summed E-state index contributed by atoms with van der Waals surface area (Å²) in [6.45, 7) is 7.79. The Morgan fingerprint density at radius 2 is 1.43 bits per heavy atom. The van der Waals surface area contributed by atoms with Gasteiger partial charge in [0, 0.05) is 11.1 Å². The second kappa shape index (κ2) is 10.7. The fourth-order valence-corrected chi connectivity index (χ4v) is 5.75. The van der Waals surface area contributed by atoms with Crippen molar-refractivity contribution < 1.29 is 17.9 Å². The SMILES string of the molecule is Cc1nn(Cc2ccccc2CS(=O)(=O)c2ccccc2)c(-c2ccccc2)c1CC(=O)OC(C)(C)C. The van der Waals surface area contributed by atoms with E-state index < -0.39 is 15.4 Å². The Bertz CT molecular complexity index is 1490. The normalized spacial score (nSPS) is 11.9. The average molecular weight is 517 g/mol. The highest BCUT2D eigenvalue weighted by molar-refractivity contribution is 7.90. The molecule has 0 aliphatic rings. The Morgan fingerprint density at radius 3 is 2.05 bits per heavy atom. The molecule has 0 amide bonds. The lowest BCUT2D eigenvalue weighted by molar-refractivity contribution is -0.153. The fourth-order valence-electron chi connectivity index (χ4n) is 4.32. The maximum Gasteiger partial charge on any atom is 0.310 e. The van der Waals surface area contributed by atoms with Crippen molar-refractivity contribution in [1.82, 2.24) is 9.78 Å². The molecule has 192 valence electrons. The van der Waals surface area contributed by atoms with Crippen LogP contribution in [0.25, 0.3) is 11.3 Å². The van der Waals surface area contributed by atoms with Crippen LogP contribution in [0.5, 0.6) is 0 Å². The molecule has 37 heavy (non-hydrogen) atoms. The Kier molecular flexibility index (Phi) is 7.64. The predicted octanol–water partition coefficient (Wildman–Crippen LogP) is 5.76. The number of carbonyl (C=O) groups is 1. The van der Waals surface area contributed by atoms with Gasteiger partial charge in [0.2, 0.25) is 0 Å². The maximum absolute atomic E-state index is 13.1. The third kappa shape index (κ3) is 6.54. The molecule has 0 bridgehead atoms. The largest absolute Gasteiger partial charge is 0.460 e. The van der Waals surface area contributed by atoms with Crippen LogP contribution in [-0.2, 0) is 38.1 Å². The molecular weight excluding hydrogens is 484 g/mol. The topological polar surface area (TPSA) is 78.3 Å². The van der Waals surface area contributed by atoms with E-state index in [0.29, 0.717) is 17.0 Å². The summed E-state index contributed by atoms with van der Waals surface area (Å²) in [4.78, 5) is 13.0. The molecule has 3 aromatic carbocycles. The number of nitrogens with zero attached hydrogens (tertiary/aromatic N) is 2. The summed E-state index contributed by atoms with van der Waals surface area (Å²) < 4.78 is 33.7. The zero-order chi connectivity index (χ0) is 26.6. The molecule has 0 saturated carbocycles. The van der Waals surface area contributed by atoms with E-state index in [0.717, 1.165) is 28.1 Å². The van der Waals surface area contributed by atoms with Crippen molar-refractivity contribution in [2.45, 2.75) is 56.9 Å². The number of rotatable bonds is 8. The first-order chi connectivity index (χ1) is 17.5. The van der Waals surface area contributed by atoms with Crippen LogP contribution in [0.3, 0.4) is 0 Å². The molecule has 0 aliphatic heterocycles. The smallest absolute Gasteiger partial charge is 0.310 e. The van der Waals surface area contributed by atoms with Crippen LogP contribution in [0, 0.1) is 6.92 Å². The molecule has 0 saturated heterocycles. The predicted molar refractivity (Wildman–Crippen MR) is 145 cm³/mol. The zero-order valence-corrected chi connectivity index (χ0v) is 22.5. The monoisotopic (exact) mass is 516 g/mol. The first-order valence-electron chi connectivity index (χ1n) is 12.2. The molecule has 0 aliphatic carbocycles. The molecule has 0 atom stereocenters. The van der Waals surface area contributed by atoms with E-state index in [2.05, 4.69) is 0 Å². The number of aromatic nitrogens is 2. The molecule has 0 unspecified atom stereocenters. The second-order valence-electron chi connectivity index (χ2n) is 10.0. The van der Waals surface area contributed by atoms with Gasteiger partial charge in [0.05, 0.1) is 35.0 Å². The third-order valence-corrected chi connectivity index (χ3v) is 7.61. The van der Waals surface area contributed by atoms with E-state index in [-0.39, 0.29) is 18.1 Å². The molecule has 1 aromatic heterocycles. The van der Waals surface area contributed by atoms with Crippen molar-refractivity contribution in [3.63, 3.8) is 0 Å². The van der Waals surface area contributed by atoms with Gasteiger partial charge in [-0.2, -0.15) is 5.10 Å². The van der Waals surface area contributed by atoms with Crippen molar-refractivity contribution in [3.8, 4) is 11.3 Å². The van der Waals surface area contributed by atoms with Gasteiger partial charge in [-0.1, -0.05) is 72.8 Å². The van der Waals surface area contributed by atoms with Crippen LogP contribution >= 0.6 is 0 Å². The van der Waals surface area contributed by atoms with E-state index >= 15 is 0 Å². The summed E-state index contributed by atoms with van der Waals surface area (Å²) in [5.41, 5.74) is 4.27. The highest BCUT2D eigenvalue weighted by atomic mass is 32.2. The number of esters is 1. The molecule has 0 fully saturated rings. The van der Waals surface area contributed by atoms with Gasteiger partial charge in [0.1, 0.15) is 5.60 Å². The van der Waals surface area contributed by atoms with Gasteiger partial charge in [0.25, 0.3) is 0 Å². The standard InChI is InChI=1S/C30H32N2O4S/c1-22-27(19-28(33)36-30(2,3)4)29(23-13-7-5-8-14-23)32(31-22)20-24-15-11-12-16-25(24)21-37(34,35)26-17-9-6-10-18-26/h5-18H,19-21H2,1-4H3. The van der Waals surface area contributed by atoms with Crippen LogP contribution in [0.15, 0.2) is 89.8 Å². The van der Waals surface area contributed by atoms with Crippen molar-refractivity contribution >= 4 is 15.8 Å². The minimum absolute atomic E-state index is 0.0946. The quantitative estimate of drug-likeness (QED) is 0.278. The summed E-state index contributed by atoms with van der Waals surface area (Å²) in [6, 6.07) is 25.8. The Hall–Kier alpha value is -3.71. The van der Waals surface area contributed by atoms with Gasteiger partial charge in [-0.15, -0.1) is 0 Å². The van der Waals surface area contributed by atoms with E-state index in [9.17, 15) is 13.2 Å². The molecule has 0 spiro atoms. The van der Waals surface area contributed by atoms with Crippen molar-refractivity contribution in [2.75, 3.05) is 0 Å². The van der Waals surface area contributed by atoms with Crippen LogP contribution in [0.2, 0.25) is 0 Å². The summed E-state index contributed by atoms with van der Waals surface area (Å²) in [7, 11) is -3.52. The van der Waals surface area contributed by atoms with Crippen molar-refractivity contribution in [2.24, 2.45) is 0 Å². The first-order valence-corrected chi connectivity index (χ1v) is 13.9. The number of sulfone groups is 1. The Labute approximate surface area is 218 Å². The van der Waals surface area contributed by atoms with E-state index in [1.54, 1.807) is 30.3 Å². The van der Waals surface area contributed by atoms with E-state index in [1.165, 1.54) is 0 Å². The highest BCUT2D eigenvalue weighted by Gasteiger charge is 2.24. The third-order valence-electron chi connectivity index (χ3n) is 5.93. The summed E-state index contributed by atoms with van der Waals surface area (Å²) in [5, 5.41) is 4.79. The minimum atomic E-state index is -3.52. The van der Waals surface area contributed by atoms with Gasteiger partial charge in [-0.3, -0.25) is 9.48 Å². The highest BCUT2D eigenvalue weighted by Crippen LogP contribution is 2.29. The summed E-state index contributed by atoms with van der Waals surface area (Å²) >= 11 is 0. The van der Waals surface area contributed by atoms with Gasteiger partial charge < -0.3 is 4.74 Å². The van der Waals surface area contributed by atoms with E-state index in [1.807, 2.05) is 87.0 Å². The number of ether oxygens (including phenoxy) is 1. The van der Waals surface area contributed by atoms with Crippen LogP contribution in [-0.4, -0.2) is 29.8 Å². The number of benzene rings is 3. The Balaban J connectivity index is 1.72. The van der Waals surface area contributed by atoms with Gasteiger partial charge in [-0.05, 0) is 51.0 Å². The first kappa shape index (κ1) is 26.4. The summed E-state index contributed by atoms with van der Waals surface area (Å²) in [5.74, 6) is -0.430. The molecule has 4 aromatic rings. The molecule has 0 radical (unpaired) electrons. The molecule has 1 heterocycles. The average Bonchev–Trinajstić information content (AvgIpc) is 3.14. The number of hydrogen-bond acceptors (Lipinski definition) is 5. The minimum Gasteiger partial charge on any atom is -0.460 e. The molecule has 4 rings (SSSR count). The van der Waals surface area contributed by atoms with Crippen LogP contribution in [0.4, 0.5) is 0 Å². The number of hydrogen-bond donors (Lipinski definition) is 0.